The van der Waals surface area contributed by atoms with Gasteiger partial charge in [-0.1, -0.05) is 6.92 Å². The number of ether oxygens (including phenoxy) is 1. The maximum atomic E-state index is 11.6. The molecule has 0 atom stereocenters. The molecule has 0 bridgehead atoms. The van der Waals surface area contributed by atoms with Gasteiger partial charge in [0.25, 0.3) is 0 Å². The molecule has 1 rings (SSSR count). The molecular formula is C11H15NO2. The second-order valence-electron chi connectivity index (χ2n) is 3.81. The molecule has 76 valence electrons. The van der Waals surface area contributed by atoms with Crippen molar-refractivity contribution in [3.05, 3.63) is 24.5 Å². The fourth-order valence-electron chi connectivity index (χ4n) is 0.796. The first-order valence-electron chi connectivity index (χ1n) is 4.68. The van der Waals surface area contributed by atoms with Gasteiger partial charge in [0.15, 0.2) is 0 Å². The molecular weight excluding hydrogens is 178 g/mol. The molecule has 0 spiro atoms. The molecule has 3 nitrogen and oxygen atoms in total. The Labute approximate surface area is 84.1 Å². The number of carbonyl (C=O) groups excluding carboxylic acids is 1. The molecule has 0 saturated carbocycles. The molecule has 14 heavy (non-hydrogen) atoms. The van der Waals surface area contributed by atoms with E-state index in [1.807, 2.05) is 20.8 Å². The van der Waals surface area contributed by atoms with Crippen molar-refractivity contribution in [3.63, 3.8) is 0 Å². The Balaban J connectivity index is 2.67. The molecule has 1 heterocycles. The van der Waals surface area contributed by atoms with E-state index in [9.17, 15) is 4.79 Å². The topological polar surface area (TPSA) is 39.2 Å². The largest absolute Gasteiger partial charge is 0.426 e. The van der Waals surface area contributed by atoms with Crippen molar-refractivity contribution in [1.29, 1.82) is 0 Å². The first kappa shape index (κ1) is 10.7. The minimum absolute atomic E-state index is 0.203. The van der Waals surface area contributed by atoms with Gasteiger partial charge in [0.05, 0.1) is 5.41 Å². The molecule has 0 unspecified atom stereocenters. The van der Waals surface area contributed by atoms with Gasteiger partial charge in [-0.05, 0) is 32.4 Å². The Bertz CT molecular complexity index is 306. The summed E-state index contributed by atoms with van der Waals surface area (Å²) in [6.07, 6.45) is 3.96. The van der Waals surface area contributed by atoms with Crippen molar-refractivity contribution in [2.75, 3.05) is 0 Å². The highest BCUT2D eigenvalue weighted by Crippen LogP contribution is 2.22. The zero-order valence-corrected chi connectivity index (χ0v) is 8.78. The van der Waals surface area contributed by atoms with Crippen molar-refractivity contribution in [2.24, 2.45) is 5.41 Å². The van der Waals surface area contributed by atoms with Crippen LogP contribution < -0.4 is 4.74 Å². The SMILES string of the molecule is CCC(C)(C)C(=O)Oc1ccncc1. The van der Waals surface area contributed by atoms with Crippen molar-refractivity contribution in [1.82, 2.24) is 4.98 Å². The Morgan fingerprint density at radius 1 is 1.43 bits per heavy atom. The molecule has 0 amide bonds. The number of hydrogen-bond acceptors (Lipinski definition) is 3. The highest BCUT2D eigenvalue weighted by Gasteiger charge is 2.27. The first-order valence-corrected chi connectivity index (χ1v) is 4.68. The van der Waals surface area contributed by atoms with Crippen LogP contribution in [-0.4, -0.2) is 11.0 Å². The summed E-state index contributed by atoms with van der Waals surface area (Å²) in [5.41, 5.74) is -0.427. The van der Waals surface area contributed by atoms with E-state index in [1.165, 1.54) is 0 Å². The van der Waals surface area contributed by atoms with Crippen LogP contribution in [0, 0.1) is 5.41 Å². The monoisotopic (exact) mass is 193 g/mol. The predicted octanol–water partition coefficient (Wildman–Crippen LogP) is 2.42. The quantitative estimate of drug-likeness (QED) is 0.692. The fourth-order valence-corrected chi connectivity index (χ4v) is 0.796. The van der Waals surface area contributed by atoms with Crippen molar-refractivity contribution >= 4 is 5.97 Å². The van der Waals surface area contributed by atoms with Gasteiger partial charge in [0.1, 0.15) is 5.75 Å². The van der Waals surface area contributed by atoms with Crippen LogP contribution in [0.3, 0.4) is 0 Å². The number of rotatable bonds is 3. The summed E-state index contributed by atoms with van der Waals surface area (Å²) in [5.74, 6) is 0.345. The zero-order chi connectivity index (χ0) is 10.6. The number of pyridine rings is 1. The lowest BCUT2D eigenvalue weighted by Gasteiger charge is -2.19. The van der Waals surface area contributed by atoms with E-state index in [0.717, 1.165) is 6.42 Å². The molecule has 3 heteroatoms. The van der Waals surface area contributed by atoms with Crippen molar-refractivity contribution in [3.8, 4) is 5.75 Å². The van der Waals surface area contributed by atoms with E-state index >= 15 is 0 Å². The van der Waals surface area contributed by atoms with E-state index < -0.39 is 5.41 Å². The van der Waals surface area contributed by atoms with Gasteiger partial charge in [-0.25, -0.2) is 0 Å². The molecule has 0 aliphatic rings. The average molecular weight is 193 g/mol. The van der Waals surface area contributed by atoms with Gasteiger partial charge >= 0.3 is 5.97 Å². The summed E-state index contributed by atoms with van der Waals surface area (Å²) in [4.78, 5) is 15.5. The Morgan fingerprint density at radius 3 is 2.50 bits per heavy atom. The molecule has 0 aliphatic heterocycles. The summed E-state index contributed by atoms with van der Waals surface area (Å²) in [7, 11) is 0. The third-order valence-corrected chi connectivity index (χ3v) is 2.30. The van der Waals surface area contributed by atoms with Crippen LogP contribution >= 0.6 is 0 Å². The van der Waals surface area contributed by atoms with Gasteiger partial charge < -0.3 is 4.74 Å². The third kappa shape index (κ3) is 2.55. The molecule has 0 fully saturated rings. The molecule has 0 N–H and O–H groups in total. The number of aromatic nitrogens is 1. The van der Waals surface area contributed by atoms with Crippen molar-refractivity contribution < 1.29 is 9.53 Å². The maximum Gasteiger partial charge on any atom is 0.316 e. The van der Waals surface area contributed by atoms with Crippen LogP contribution in [0.2, 0.25) is 0 Å². The molecule has 0 saturated heterocycles. The number of nitrogens with zero attached hydrogens (tertiary/aromatic N) is 1. The van der Waals surface area contributed by atoms with Crippen LogP contribution in [-0.2, 0) is 4.79 Å². The van der Waals surface area contributed by atoms with Crippen LogP contribution in [0.25, 0.3) is 0 Å². The fraction of sp³-hybridized carbons (Fsp3) is 0.455. The standard InChI is InChI=1S/C11H15NO2/c1-4-11(2,3)10(13)14-9-5-7-12-8-6-9/h5-8H,4H2,1-3H3. The van der Waals surface area contributed by atoms with Crippen LogP contribution in [0.1, 0.15) is 27.2 Å². The lowest BCUT2D eigenvalue weighted by molar-refractivity contribution is -0.144. The van der Waals surface area contributed by atoms with E-state index in [4.69, 9.17) is 4.74 Å². The van der Waals surface area contributed by atoms with Crippen LogP contribution in [0.4, 0.5) is 0 Å². The lowest BCUT2D eigenvalue weighted by atomic mass is 9.91. The van der Waals surface area contributed by atoms with E-state index in [2.05, 4.69) is 4.98 Å². The van der Waals surface area contributed by atoms with Gasteiger partial charge in [0, 0.05) is 12.4 Å². The summed E-state index contributed by atoms with van der Waals surface area (Å²) in [6, 6.07) is 3.34. The second kappa shape index (κ2) is 4.22. The molecule has 1 aromatic heterocycles. The van der Waals surface area contributed by atoms with Crippen LogP contribution in [0.5, 0.6) is 5.75 Å². The van der Waals surface area contributed by atoms with Gasteiger partial charge in [-0.15, -0.1) is 0 Å². The normalized spacial score (nSPS) is 11.1. The number of carbonyl (C=O) groups is 1. The molecule has 1 aromatic rings. The third-order valence-electron chi connectivity index (χ3n) is 2.30. The molecule has 0 aromatic carbocycles. The first-order chi connectivity index (χ1) is 6.56. The predicted molar refractivity (Wildman–Crippen MR) is 53.9 cm³/mol. The highest BCUT2D eigenvalue weighted by atomic mass is 16.5. The smallest absolute Gasteiger partial charge is 0.316 e. The Hall–Kier alpha value is -1.38. The van der Waals surface area contributed by atoms with E-state index in [-0.39, 0.29) is 5.97 Å². The van der Waals surface area contributed by atoms with Crippen LogP contribution in [0.15, 0.2) is 24.5 Å². The van der Waals surface area contributed by atoms with Gasteiger partial charge in [-0.2, -0.15) is 0 Å². The molecule has 0 radical (unpaired) electrons. The minimum atomic E-state index is -0.427. The van der Waals surface area contributed by atoms with E-state index in [0.29, 0.717) is 5.75 Å². The van der Waals surface area contributed by atoms with E-state index in [1.54, 1.807) is 24.5 Å². The Kier molecular flexibility index (Phi) is 3.23. The summed E-state index contributed by atoms with van der Waals surface area (Å²) >= 11 is 0. The lowest BCUT2D eigenvalue weighted by Crippen LogP contribution is -2.28. The highest BCUT2D eigenvalue weighted by molar-refractivity contribution is 5.78. The summed E-state index contributed by atoms with van der Waals surface area (Å²) in [5, 5.41) is 0. The summed E-state index contributed by atoms with van der Waals surface area (Å²) in [6.45, 7) is 5.71. The minimum Gasteiger partial charge on any atom is -0.426 e. The zero-order valence-electron chi connectivity index (χ0n) is 8.78. The Morgan fingerprint density at radius 2 is 2.00 bits per heavy atom. The maximum absolute atomic E-state index is 11.6. The van der Waals surface area contributed by atoms with Gasteiger partial charge in [0.2, 0.25) is 0 Å². The number of esters is 1. The summed E-state index contributed by atoms with van der Waals surface area (Å²) < 4.78 is 5.19. The van der Waals surface area contributed by atoms with Crippen molar-refractivity contribution in [2.45, 2.75) is 27.2 Å². The number of hydrogen-bond donors (Lipinski definition) is 0. The van der Waals surface area contributed by atoms with Gasteiger partial charge in [-0.3, -0.25) is 9.78 Å². The average Bonchev–Trinajstić information content (AvgIpc) is 2.19. The second-order valence-corrected chi connectivity index (χ2v) is 3.81. The molecule has 0 aliphatic carbocycles.